The number of nitrogens with one attached hydrogen (secondary N) is 2. The molecule has 166 valence electrons. The molecule has 2 N–H and O–H groups in total. The summed E-state index contributed by atoms with van der Waals surface area (Å²) in [6.45, 7) is -0.00683. The standard InChI is InChI=1S/C24H20N4O5/c29-23(26-19-12-21-22(33-14-32-21)13-20(19)28(30)31)10-5-7-16-15-6-1-2-8-17(15)27-24(16)18-9-3-4-11-25-18/h1-4,6,8-9,11-13,27H,5,7,10,14H2,(H,26,29). The predicted molar refractivity (Wildman–Crippen MR) is 122 cm³/mol. The third-order valence-electron chi connectivity index (χ3n) is 5.53. The van der Waals surface area contributed by atoms with Crippen LogP contribution in [-0.2, 0) is 11.2 Å². The van der Waals surface area contributed by atoms with E-state index in [-0.39, 0.29) is 30.5 Å². The maximum absolute atomic E-state index is 12.6. The molecule has 0 aliphatic carbocycles. The Bertz CT molecular complexity index is 1350. The molecule has 5 rings (SSSR count). The van der Waals surface area contributed by atoms with Crippen LogP contribution in [0.15, 0.2) is 60.8 Å². The fourth-order valence-electron chi connectivity index (χ4n) is 4.01. The number of benzene rings is 2. The van der Waals surface area contributed by atoms with Gasteiger partial charge in [0, 0.05) is 29.6 Å². The lowest BCUT2D eigenvalue weighted by atomic mass is 10.0. The molecule has 4 aromatic rings. The number of carbonyl (C=O) groups is 1. The molecule has 2 aromatic carbocycles. The number of aryl methyl sites for hydroxylation is 1. The van der Waals surface area contributed by atoms with Crippen LogP contribution in [0, 0.1) is 10.1 Å². The van der Waals surface area contributed by atoms with Gasteiger partial charge in [-0.15, -0.1) is 0 Å². The highest BCUT2D eigenvalue weighted by Gasteiger charge is 2.24. The van der Waals surface area contributed by atoms with Crippen molar-refractivity contribution in [2.45, 2.75) is 19.3 Å². The number of anilines is 1. The van der Waals surface area contributed by atoms with Crippen molar-refractivity contribution in [3.8, 4) is 22.9 Å². The molecule has 0 fully saturated rings. The normalized spacial score (nSPS) is 12.1. The van der Waals surface area contributed by atoms with E-state index in [9.17, 15) is 14.9 Å². The number of hydrogen-bond acceptors (Lipinski definition) is 6. The summed E-state index contributed by atoms with van der Waals surface area (Å²) in [4.78, 5) is 31.4. The number of amides is 1. The minimum Gasteiger partial charge on any atom is -0.454 e. The number of aromatic nitrogens is 2. The molecule has 0 saturated heterocycles. The number of nitro groups is 1. The molecule has 0 spiro atoms. The molecule has 1 aliphatic heterocycles. The monoisotopic (exact) mass is 444 g/mol. The molecule has 1 aliphatic rings. The molecule has 0 saturated carbocycles. The first-order valence-corrected chi connectivity index (χ1v) is 10.5. The summed E-state index contributed by atoms with van der Waals surface area (Å²) >= 11 is 0. The van der Waals surface area contributed by atoms with Gasteiger partial charge in [0.25, 0.3) is 5.69 Å². The number of H-pyrrole nitrogens is 1. The summed E-state index contributed by atoms with van der Waals surface area (Å²) in [6.07, 6.45) is 3.15. The summed E-state index contributed by atoms with van der Waals surface area (Å²) in [5.41, 5.74) is 3.73. The highest BCUT2D eigenvalue weighted by Crippen LogP contribution is 2.40. The van der Waals surface area contributed by atoms with Crippen LogP contribution in [0.4, 0.5) is 11.4 Å². The van der Waals surface area contributed by atoms with Crippen molar-refractivity contribution in [1.82, 2.24) is 9.97 Å². The lowest BCUT2D eigenvalue weighted by Crippen LogP contribution is -2.13. The summed E-state index contributed by atoms with van der Waals surface area (Å²) < 4.78 is 10.5. The molecule has 3 heterocycles. The second kappa shape index (κ2) is 8.62. The van der Waals surface area contributed by atoms with Crippen LogP contribution in [0.25, 0.3) is 22.3 Å². The topological polar surface area (TPSA) is 119 Å². The Morgan fingerprint density at radius 2 is 1.91 bits per heavy atom. The second-order valence-corrected chi connectivity index (χ2v) is 7.62. The average Bonchev–Trinajstić information content (AvgIpc) is 3.43. The van der Waals surface area contributed by atoms with E-state index < -0.39 is 4.92 Å². The molecule has 0 unspecified atom stereocenters. The van der Waals surface area contributed by atoms with Crippen molar-refractivity contribution in [1.29, 1.82) is 0 Å². The summed E-state index contributed by atoms with van der Waals surface area (Å²) in [6, 6.07) is 16.4. The van der Waals surface area contributed by atoms with Gasteiger partial charge in [-0.2, -0.15) is 0 Å². The zero-order chi connectivity index (χ0) is 22.8. The fourth-order valence-corrected chi connectivity index (χ4v) is 4.01. The van der Waals surface area contributed by atoms with Gasteiger partial charge in [-0.05, 0) is 36.6 Å². The van der Waals surface area contributed by atoms with E-state index in [1.54, 1.807) is 6.20 Å². The predicted octanol–water partition coefficient (Wildman–Crippen LogP) is 4.83. The first kappa shape index (κ1) is 20.5. The van der Waals surface area contributed by atoms with Crippen LogP contribution in [0.2, 0.25) is 0 Å². The Morgan fingerprint density at radius 1 is 1.12 bits per heavy atom. The van der Waals surface area contributed by atoms with Crippen LogP contribution in [0.5, 0.6) is 11.5 Å². The minimum absolute atomic E-state index is 0.00683. The number of para-hydroxylation sites is 1. The van der Waals surface area contributed by atoms with Gasteiger partial charge in [-0.25, -0.2) is 0 Å². The number of nitrogens with zero attached hydrogens (tertiary/aromatic N) is 2. The van der Waals surface area contributed by atoms with Gasteiger partial charge >= 0.3 is 0 Å². The van der Waals surface area contributed by atoms with Crippen molar-refractivity contribution in [2.24, 2.45) is 0 Å². The maximum Gasteiger partial charge on any atom is 0.296 e. The van der Waals surface area contributed by atoms with E-state index in [1.807, 2.05) is 42.5 Å². The molecule has 0 radical (unpaired) electrons. The van der Waals surface area contributed by atoms with Gasteiger partial charge in [0.1, 0.15) is 5.69 Å². The number of aromatic amines is 1. The van der Waals surface area contributed by atoms with Crippen molar-refractivity contribution >= 4 is 28.2 Å². The Labute approximate surface area is 188 Å². The molecule has 2 aromatic heterocycles. The molecule has 0 atom stereocenters. The van der Waals surface area contributed by atoms with Gasteiger partial charge in [-0.3, -0.25) is 19.9 Å². The quantitative estimate of drug-likeness (QED) is 0.311. The van der Waals surface area contributed by atoms with E-state index in [0.717, 1.165) is 27.9 Å². The lowest BCUT2D eigenvalue weighted by Gasteiger charge is -2.08. The number of rotatable bonds is 7. The molecular formula is C24H20N4O5. The number of carbonyl (C=O) groups excluding carboxylic acids is 1. The SMILES string of the molecule is O=C(CCCc1c(-c2ccccn2)[nH]c2ccccc12)Nc1cc2c(cc1[N+](=O)[O-])OCO2. The highest BCUT2D eigenvalue weighted by molar-refractivity contribution is 5.94. The number of ether oxygens (including phenoxy) is 2. The summed E-state index contributed by atoms with van der Waals surface area (Å²) in [7, 11) is 0. The van der Waals surface area contributed by atoms with E-state index in [2.05, 4.69) is 15.3 Å². The van der Waals surface area contributed by atoms with Gasteiger partial charge in [0.15, 0.2) is 11.5 Å². The van der Waals surface area contributed by atoms with E-state index in [1.165, 1.54) is 12.1 Å². The van der Waals surface area contributed by atoms with Crippen LogP contribution < -0.4 is 14.8 Å². The molecule has 1 amide bonds. The van der Waals surface area contributed by atoms with Crippen LogP contribution in [0.1, 0.15) is 18.4 Å². The molecule has 9 nitrogen and oxygen atoms in total. The Kier molecular flexibility index (Phi) is 5.35. The first-order valence-electron chi connectivity index (χ1n) is 10.5. The summed E-state index contributed by atoms with van der Waals surface area (Å²) in [5, 5.41) is 15.2. The third-order valence-corrected chi connectivity index (χ3v) is 5.53. The average molecular weight is 444 g/mol. The first-order chi connectivity index (χ1) is 16.1. The molecule has 33 heavy (non-hydrogen) atoms. The van der Waals surface area contributed by atoms with Gasteiger partial charge < -0.3 is 19.8 Å². The van der Waals surface area contributed by atoms with Crippen LogP contribution >= 0.6 is 0 Å². The smallest absolute Gasteiger partial charge is 0.296 e. The van der Waals surface area contributed by atoms with Gasteiger partial charge in [-0.1, -0.05) is 24.3 Å². The second-order valence-electron chi connectivity index (χ2n) is 7.62. The van der Waals surface area contributed by atoms with Gasteiger partial charge in [0.05, 0.1) is 22.4 Å². The zero-order valence-corrected chi connectivity index (χ0v) is 17.5. The van der Waals surface area contributed by atoms with E-state index in [4.69, 9.17) is 9.47 Å². The Balaban J connectivity index is 1.32. The number of fused-ring (bicyclic) bond motifs is 2. The van der Waals surface area contributed by atoms with Crippen molar-refractivity contribution in [3.05, 3.63) is 76.5 Å². The Hall–Kier alpha value is -4.40. The fraction of sp³-hybridized carbons (Fsp3) is 0.167. The number of pyridine rings is 1. The van der Waals surface area contributed by atoms with E-state index in [0.29, 0.717) is 24.3 Å². The Morgan fingerprint density at radius 3 is 2.70 bits per heavy atom. The minimum atomic E-state index is -0.553. The van der Waals surface area contributed by atoms with Crippen molar-refractivity contribution in [2.75, 3.05) is 12.1 Å². The maximum atomic E-state index is 12.6. The number of hydrogen-bond donors (Lipinski definition) is 2. The third kappa shape index (κ3) is 4.08. The number of nitro benzene ring substituents is 1. The lowest BCUT2D eigenvalue weighted by molar-refractivity contribution is -0.384. The molecule has 0 bridgehead atoms. The highest BCUT2D eigenvalue weighted by atomic mass is 16.7. The van der Waals surface area contributed by atoms with Crippen LogP contribution in [-0.4, -0.2) is 27.6 Å². The summed E-state index contributed by atoms with van der Waals surface area (Å²) in [5.74, 6) is 0.354. The molecule has 9 heteroatoms. The van der Waals surface area contributed by atoms with Crippen molar-refractivity contribution in [3.63, 3.8) is 0 Å². The molecular weight excluding hydrogens is 424 g/mol. The van der Waals surface area contributed by atoms with E-state index >= 15 is 0 Å². The van der Waals surface area contributed by atoms with Crippen LogP contribution in [0.3, 0.4) is 0 Å². The largest absolute Gasteiger partial charge is 0.454 e. The zero-order valence-electron chi connectivity index (χ0n) is 17.5. The van der Waals surface area contributed by atoms with Crippen molar-refractivity contribution < 1.29 is 19.2 Å². The van der Waals surface area contributed by atoms with Gasteiger partial charge in [0.2, 0.25) is 12.7 Å².